The van der Waals surface area contributed by atoms with Crippen LogP contribution in [0.1, 0.15) is 19.8 Å². The molecule has 96 valence electrons. The van der Waals surface area contributed by atoms with Crippen LogP contribution in [0.25, 0.3) is 10.2 Å². The summed E-state index contributed by atoms with van der Waals surface area (Å²) in [5, 5.41) is 13.1. The van der Waals surface area contributed by atoms with Crippen LogP contribution in [0.2, 0.25) is 0 Å². The first-order valence-corrected chi connectivity index (χ1v) is 6.69. The molecule has 0 saturated carbocycles. The molecule has 1 aromatic carbocycles. The predicted molar refractivity (Wildman–Crippen MR) is 72.7 cm³/mol. The molecular weight excluding hydrogens is 248 g/mol. The summed E-state index contributed by atoms with van der Waals surface area (Å²) in [5.41, 5.74) is 8.27. The molecule has 5 nitrogen and oxygen atoms in total. The molecule has 1 aromatic heterocycles. The average molecular weight is 264 g/mol. The van der Waals surface area contributed by atoms with Gasteiger partial charge in [-0.15, -0.1) is 0 Å². The maximum Gasteiger partial charge on any atom is 0.185 e. The highest BCUT2D eigenvalue weighted by Gasteiger charge is 2.10. The van der Waals surface area contributed by atoms with E-state index in [0.717, 1.165) is 34.4 Å². The molecule has 0 aliphatic heterocycles. The Kier molecular flexibility index (Phi) is 3.76. The fourth-order valence-corrected chi connectivity index (χ4v) is 2.92. The SMILES string of the molecule is CCCCn1/c(=N\C)sc2cc(N=N)c(O)cc21. The Bertz CT molecular complexity index is 641. The monoisotopic (exact) mass is 264 g/mol. The number of phenolic OH excluding ortho intramolecular Hbond substituents is 1. The summed E-state index contributed by atoms with van der Waals surface area (Å²) < 4.78 is 3.10. The summed E-state index contributed by atoms with van der Waals surface area (Å²) in [6.07, 6.45) is 2.18. The summed E-state index contributed by atoms with van der Waals surface area (Å²) in [5.74, 6) is 0.0446. The number of rotatable bonds is 4. The van der Waals surface area contributed by atoms with Gasteiger partial charge in [-0.2, -0.15) is 5.11 Å². The van der Waals surface area contributed by atoms with Crippen LogP contribution in [0, 0.1) is 5.53 Å². The van der Waals surface area contributed by atoms with Gasteiger partial charge in [0.15, 0.2) is 4.80 Å². The lowest BCUT2D eigenvalue weighted by Gasteiger charge is -2.04. The van der Waals surface area contributed by atoms with Gasteiger partial charge in [-0.25, -0.2) is 5.53 Å². The number of aromatic hydroxyl groups is 1. The molecular formula is C12H16N4OS. The third-order valence-corrected chi connectivity index (χ3v) is 3.96. The van der Waals surface area contributed by atoms with Crippen LogP contribution in [0.4, 0.5) is 5.69 Å². The molecule has 1 heterocycles. The van der Waals surface area contributed by atoms with E-state index in [1.807, 2.05) is 0 Å². The van der Waals surface area contributed by atoms with Crippen molar-refractivity contribution in [3.8, 4) is 5.75 Å². The van der Waals surface area contributed by atoms with E-state index in [0.29, 0.717) is 5.69 Å². The molecule has 0 radical (unpaired) electrons. The normalized spacial score (nSPS) is 12.2. The zero-order chi connectivity index (χ0) is 13.1. The number of nitrogens with zero attached hydrogens (tertiary/aromatic N) is 3. The Morgan fingerprint density at radius 1 is 1.44 bits per heavy atom. The zero-order valence-electron chi connectivity index (χ0n) is 10.5. The van der Waals surface area contributed by atoms with E-state index in [9.17, 15) is 5.11 Å². The van der Waals surface area contributed by atoms with Crippen molar-refractivity contribution >= 4 is 27.2 Å². The van der Waals surface area contributed by atoms with Gasteiger partial charge in [0.25, 0.3) is 0 Å². The quantitative estimate of drug-likeness (QED) is 0.816. The number of fused-ring (bicyclic) bond motifs is 1. The summed E-state index contributed by atoms with van der Waals surface area (Å²) in [6, 6.07) is 3.41. The second kappa shape index (κ2) is 5.30. The van der Waals surface area contributed by atoms with Gasteiger partial charge in [0.05, 0.1) is 10.2 Å². The largest absolute Gasteiger partial charge is 0.506 e. The molecule has 2 N–H and O–H groups in total. The van der Waals surface area contributed by atoms with Crippen LogP contribution < -0.4 is 4.80 Å². The second-order valence-corrected chi connectivity index (χ2v) is 5.04. The number of unbranched alkanes of at least 4 members (excludes halogenated alkanes) is 1. The fourth-order valence-electron chi connectivity index (χ4n) is 1.88. The van der Waals surface area contributed by atoms with E-state index >= 15 is 0 Å². The van der Waals surface area contributed by atoms with Gasteiger partial charge >= 0.3 is 0 Å². The number of phenols is 1. The second-order valence-electron chi connectivity index (χ2n) is 4.03. The van der Waals surface area contributed by atoms with Gasteiger partial charge in [0.2, 0.25) is 0 Å². The molecule has 2 rings (SSSR count). The lowest BCUT2D eigenvalue weighted by molar-refractivity contribution is 0.476. The summed E-state index contributed by atoms with van der Waals surface area (Å²) in [6.45, 7) is 3.03. The summed E-state index contributed by atoms with van der Waals surface area (Å²) in [7, 11) is 1.77. The Balaban J connectivity index is 2.67. The minimum absolute atomic E-state index is 0.0446. The highest BCUT2D eigenvalue weighted by Crippen LogP contribution is 2.32. The van der Waals surface area contributed by atoms with Crippen LogP contribution in [-0.2, 0) is 6.54 Å². The Morgan fingerprint density at radius 2 is 2.22 bits per heavy atom. The van der Waals surface area contributed by atoms with Crippen molar-refractivity contribution in [2.75, 3.05) is 7.05 Å². The maximum absolute atomic E-state index is 9.79. The van der Waals surface area contributed by atoms with Crippen LogP contribution in [-0.4, -0.2) is 16.7 Å². The van der Waals surface area contributed by atoms with E-state index in [1.54, 1.807) is 30.5 Å². The van der Waals surface area contributed by atoms with E-state index in [4.69, 9.17) is 5.53 Å². The molecule has 0 fully saturated rings. The molecule has 0 saturated heterocycles. The Morgan fingerprint density at radius 3 is 2.83 bits per heavy atom. The molecule has 0 amide bonds. The van der Waals surface area contributed by atoms with Gasteiger partial charge in [-0.3, -0.25) is 4.99 Å². The number of aryl methyl sites for hydroxylation is 1. The smallest absolute Gasteiger partial charge is 0.185 e. The first kappa shape index (κ1) is 12.8. The molecule has 0 aliphatic carbocycles. The zero-order valence-corrected chi connectivity index (χ0v) is 11.3. The standard InChI is InChI=1S/C12H16N4OS/c1-3-4-5-16-9-7-10(17)8(15-13)6-11(9)18-12(16)14-2/h6-7,13,17H,3-5H2,1-2H3/b14-12+,15-13?. The Labute approximate surface area is 109 Å². The number of aromatic nitrogens is 1. The predicted octanol–water partition coefficient (Wildman–Crippen LogP) is 3.40. The molecule has 0 spiro atoms. The van der Waals surface area contributed by atoms with Gasteiger partial charge in [-0.1, -0.05) is 24.7 Å². The van der Waals surface area contributed by atoms with Crippen LogP contribution in [0.3, 0.4) is 0 Å². The maximum atomic E-state index is 9.79. The number of benzene rings is 1. The number of hydrogen-bond acceptors (Lipinski definition) is 5. The van der Waals surface area contributed by atoms with Crippen LogP contribution >= 0.6 is 11.3 Å². The highest BCUT2D eigenvalue weighted by molar-refractivity contribution is 7.16. The highest BCUT2D eigenvalue weighted by atomic mass is 32.1. The minimum atomic E-state index is 0.0446. The van der Waals surface area contributed by atoms with E-state index < -0.39 is 0 Å². The molecule has 0 bridgehead atoms. The molecule has 0 atom stereocenters. The third-order valence-electron chi connectivity index (χ3n) is 2.83. The minimum Gasteiger partial charge on any atom is -0.506 e. The van der Waals surface area contributed by atoms with Crippen molar-refractivity contribution in [1.29, 1.82) is 5.53 Å². The van der Waals surface area contributed by atoms with Gasteiger partial charge in [0, 0.05) is 19.7 Å². The van der Waals surface area contributed by atoms with Crippen molar-refractivity contribution in [1.82, 2.24) is 4.57 Å². The average Bonchev–Trinajstić information content (AvgIpc) is 2.72. The number of hydrogen-bond donors (Lipinski definition) is 2. The fraction of sp³-hybridized carbons (Fsp3) is 0.417. The first-order valence-electron chi connectivity index (χ1n) is 5.88. The first-order chi connectivity index (χ1) is 8.71. The molecule has 18 heavy (non-hydrogen) atoms. The van der Waals surface area contributed by atoms with E-state index in [2.05, 4.69) is 21.6 Å². The molecule has 0 aliphatic rings. The Hall–Kier alpha value is -1.69. The van der Waals surface area contributed by atoms with E-state index in [-0.39, 0.29) is 5.75 Å². The van der Waals surface area contributed by atoms with Crippen molar-refractivity contribution in [3.05, 3.63) is 16.9 Å². The van der Waals surface area contributed by atoms with Crippen molar-refractivity contribution in [3.63, 3.8) is 0 Å². The van der Waals surface area contributed by atoms with E-state index in [1.165, 1.54) is 0 Å². The van der Waals surface area contributed by atoms with Gasteiger partial charge in [-0.05, 0) is 12.5 Å². The van der Waals surface area contributed by atoms with Gasteiger partial charge < -0.3 is 9.67 Å². The summed E-state index contributed by atoms with van der Waals surface area (Å²) >= 11 is 1.55. The number of thiazole rings is 1. The van der Waals surface area contributed by atoms with Crippen molar-refractivity contribution < 1.29 is 5.11 Å². The van der Waals surface area contributed by atoms with Crippen LogP contribution in [0.5, 0.6) is 5.75 Å². The van der Waals surface area contributed by atoms with Crippen molar-refractivity contribution in [2.45, 2.75) is 26.3 Å². The lowest BCUT2D eigenvalue weighted by Crippen LogP contribution is -2.14. The molecule has 6 heteroatoms. The van der Waals surface area contributed by atoms with Crippen LogP contribution in [0.15, 0.2) is 22.2 Å². The molecule has 2 aromatic rings. The summed E-state index contributed by atoms with van der Waals surface area (Å²) in [4.78, 5) is 5.20. The van der Waals surface area contributed by atoms with Gasteiger partial charge in [0.1, 0.15) is 11.4 Å². The third kappa shape index (κ3) is 2.15. The molecule has 0 unspecified atom stereocenters. The lowest BCUT2D eigenvalue weighted by atomic mass is 10.2. The topological polar surface area (TPSA) is 73.7 Å². The van der Waals surface area contributed by atoms with Crippen molar-refractivity contribution in [2.24, 2.45) is 10.1 Å². The number of nitrogens with one attached hydrogen (secondary N) is 1.